The number of ether oxygens (including phenoxy) is 2. The van der Waals surface area contributed by atoms with Crippen LogP contribution in [0.15, 0.2) is 52.6 Å². The van der Waals surface area contributed by atoms with Gasteiger partial charge in [0, 0.05) is 17.6 Å². The summed E-state index contributed by atoms with van der Waals surface area (Å²) in [6, 6.07) is 12.2. The van der Waals surface area contributed by atoms with Crippen LogP contribution in [0, 0.1) is 0 Å². The van der Waals surface area contributed by atoms with E-state index in [2.05, 4.69) is 26.6 Å². The first-order valence-electron chi connectivity index (χ1n) is 8.65. The third-order valence-electron chi connectivity index (χ3n) is 3.94. The molecule has 0 aromatic heterocycles. The lowest BCUT2D eigenvalue weighted by molar-refractivity contribution is -0.117. The molecule has 0 aliphatic carbocycles. The molecule has 0 bridgehead atoms. The summed E-state index contributed by atoms with van der Waals surface area (Å²) in [4.78, 5) is 25.2. The summed E-state index contributed by atoms with van der Waals surface area (Å²) in [5.74, 6) is 0.331. The van der Waals surface area contributed by atoms with Gasteiger partial charge in [-0.2, -0.15) is 0 Å². The van der Waals surface area contributed by atoms with Gasteiger partial charge in [0.2, 0.25) is 6.79 Å². The van der Waals surface area contributed by atoms with E-state index >= 15 is 0 Å². The van der Waals surface area contributed by atoms with Crippen LogP contribution in [-0.2, 0) is 4.79 Å². The van der Waals surface area contributed by atoms with Crippen LogP contribution in [0.4, 0.5) is 0 Å². The summed E-state index contributed by atoms with van der Waals surface area (Å²) in [5.41, 5.74) is 1.16. The van der Waals surface area contributed by atoms with Gasteiger partial charge in [0.05, 0.1) is 5.56 Å². The number of hydrogen-bond donors (Lipinski definition) is 3. The molecule has 3 rings (SSSR count). The standard InChI is InChI=1S/C20H19BrN2O5/c21-15-5-2-1-4-14(15)19(25)23-16(20(26)22-8-3-9-24)10-13-6-7-17-18(11-13)28-12-27-17/h1-2,4-7,10-11,24H,3,8-9,12H2,(H,22,26)(H,23,25). The van der Waals surface area contributed by atoms with Crippen molar-refractivity contribution in [2.45, 2.75) is 6.42 Å². The number of aliphatic hydroxyl groups is 1. The van der Waals surface area contributed by atoms with E-state index in [0.29, 0.717) is 40.1 Å². The van der Waals surface area contributed by atoms with Gasteiger partial charge in [-0.3, -0.25) is 9.59 Å². The third-order valence-corrected chi connectivity index (χ3v) is 4.63. The van der Waals surface area contributed by atoms with E-state index in [4.69, 9.17) is 14.6 Å². The van der Waals surface area contributed by atoms with Crippen LogP contribution < -0.4 is 20.1 Å². The monoisotopic (exact) mass is 446 g/mol. The van der Waals surface area contributed by atoms with Gasteiger partial charge in [-0.05, 0) is 58.3 Å². The first-order chi connectivity index (χ1) is 13.6. The number of hydrogen-bond acceptors (Lipinski definition) is 5. The maximum atomic E-state index is 12.6. The second kappa shape index (κ2) is 9.38. The van der Waals surface area contributed by atoms with E-state index in [1.54, 1.807) is 48.5 Å². The van der Waals surface area contributed by atoms with Gasteiger partial charge in [-0.25, -0.2) is 0 Å². The molecule has 0 saturated heterocycles. The molecule has 0 radical (unpaired) electrons. The Morgan fingerprint density at radius 2 is 1.93 bits per heavy atom. The van der Waals surface area contributed by atoms with Crippen molar-refractivity contribution in [2.24, 2.45) is 0 Å². The number of carbonyl (C=O) groups excluding carboxylic acids is 2. The Morgan fingerprint density at radius 1 is 1.14 bits per heavy atom. The highest BCUT2D eigenvalue weighted by atomic mass is 79.9. The molecule has 2 aromatic rings. The predicted molar refractivity (Wildman–Crippen MR) is 107 cm³/mol. The molecule has 0 unspecified atom stereocenters. The van der Waals surface area contributed by atoms with Gasteiger partial charge >= 0.3 is 0 Å². The van der Waals surface area contributed by atoms with Gasteiger partial charge in [0.1, 0.15) is 5.70 Å². The lowest BCUT2D eigenvalue weighted by Crippen LogP contribution is -2.35. The van der Waals surface area contributed by atoms with Crippen molar-refractivity contribution in [1.82, 2.24) is 10.6 Å². The highest BCUT2D eigenvalue weighted by Crippen LogP contribution is 2.33. The van der Waals surface area contributed by atoms with Crippen molar-refractivity contribution in [3.05, 3.63) is 63.8 Å². The number of nitrogens with one attached hydrogen (secondary N) is 2. The van der Waals surface area contributed by atoms with E-state index in [1.165, 1.54) is 0 Å². The molecule has 146 valence electrons. The fourth-order valence-corrected chi connectivity index (χ4v) is 3.00. The molecule has 8 heteroatoms. The molecule has 0 fully saturated rings. The molecule has 1 aliphatic rings. The summed E-state index contributed by atoms with van der Waals surface area (Å²) in [5, 5.41) is 14.2. The van der Waals surface area contributed by atoms with Crippen molar-refractivity contribution in [2.75, 3.05) is 19.9 Å². The van der Waals surface area contributed by atoms with Gasteiger partial charge in [-0.1, -0.05) is 18.2 Å². The molecule has 0 atom stereocenters. The molecule has 7 nitrogen and oxygen atoms in total. The minimum atomic E-state index is -0.452. The summed E-state index contributed by atoms with van der Waals surface area (Å²) in [6.07, 6.45) is 1.98. The molecular weight excluding hydrogens is 428 g/mol. The minimum absolute atomic E-state index is 0.0369. The van der Waals surface area contributed by atoms with Crippen LogP contribution in [-0.4, -0.2) is 36.9 Å². The van der Waals surface area contributed by atoms with E-state index in [0.717, 1.165) is 0 Å². The van der Waals surface area contributed by atoms with Crippen LogP contribution in [0.2, 0.25) is 0 Å². The molecule has 1 heterocycles. The SMILES string of the molecule is O=C(NCCCO)C(=Cc1ccc2c(c1)OCO2)NC(=O)c1ccccc1Br. The lowest BCUT2D eigenvalue weighted by Gasteiger charge is -2.12. The van der Waals surface area contributed by atoms with Crippen LogP contribution >= 0.6 is 15.9 Å². The smallest absolute Gasteiger partial charge is 0.267 e. The average molecular weight is 447 g/mol. The van der Waals surface area contributed by atoms with Crippen LogP contribution in [0.3, 0.4) is 0 Å². The molecule has 0 saturated carbocycles. The molecule has 28 heavy (non-hydrogen) atoms. The van der Waals surface area contributed by atoms with Crippen molar-refractivity contribution in [3.63, 3.8) is 0 Å². The van der Waals surface area contributed by atoms with Crippen LogP contribution in [0.1, 0.15) is 22.3 Å². The Hall–Kier alpha value is -2.84. The van der Waals surface area contributed by atoms with E-state index in [9.17, 15) is 9.59 Å². The van der Waals surface area contributed by atoms with E-state index in [-0.39, 0.29) is 19.1 Å². The van der Waals surface area contributed by atoms with Gasteiger partial charge in [-0.15, -0.1) is 0 Å². The number of fused-ring (bicyclic) bond motifs is 1. The summed E-state index contributed by atoms with van der Waals surface area (Å²) in [7, 11) is 0. The largest absolute Gasteiger partial charge is 0.454 e. The first-order valence-corrected chi connectivity index (χ1v) is 9.44. The predicted octanol–water partition coefficient (Wildman–Crippen LogP) is 2.45. The highest BCUT2D eigenvalue weighted by molar-refractivity contribution is 9.10. The van der Waals surface area contributed by atoms with Crippen LogP contribution in [0.25, 0.3) is 6.08 Å². The Morgan fingerprint density at radius 3 is 2.71 bits per heavy atom. The zero-order chi connectivity index (χ0) is 19.9. The first kappa shape index (κ1) is 19.9. The molecule has 2 amide bonds. The molecule has 0 spiro atoms. The number of amides is 2. The van der Waals surface area contributed by atoms with E-state index in [1.807, 2.05) is 0 Å². The van der Waals surface area contributed by atoms with Crippen LogP contribution in [0.5, 0.6) is 11.5 Å². The number of carbonyl (C=O) groups is 2. The second-order valence-electron chi connectivity index (χ2n) is 5.94. The summed E-state index contributed by atoms with van der Waals surface area (Å²) in [6.45, 7) is 0.402. The second-order valence-corrected chi connectivity index (χ2v) is 6.79. The topological polar surface area (TPSA) is 96.9 Å². The maximum Gasteiger partial charge on any atom is 0.267 e. The number of rotatable bonds is 7. The minimum Gasteiger partial charge on any atom is -0.454 e. The zero-order valence-corrected chi connectivity index (χ0v) is 16.5. The Balaban J connectivity index is 1.85. The normalized spacial score (nSPS) is 12.6. The molecule has 2 aromatic carbocycles. The highest BCUT2D eigenvalue weighted by Gasteiger charge is 2.17. The maximum absolute atomic E-state index is 12.6. The molecule has 3 N–H and O–H groups in total. The Kier molecular flexibility index (Phi) is 6.67. The lowest BCUT2D eigenvalue weighted by atomic mass is 10.1. The summed E-state index contributed by atoms with van der Waals surface area (Å²) >= 11 is 3.34. The summed E-state index contributed by atoms with van der Waals surface area (Å²) < 4.78 is 11.3. The number of benzene rings is 2. The zero-order valence-electron chi connectivity index (χ0n) is 14.9. The van der Waals surface area contributed by atoms with Gasteiger partial charge < -0.3 is 25.2 Å². The number of aliphatic hydroxyl groups excluding tert-OH is 1. The van der Waals surface area contributed by atoms with Crippen molar-refractivity contribution in [1.29, 1.82) is 0 Å². The number of halogens is 1. The van der Waals surface area contributed by atoms with Gasteiger partial charge in [0.25, 0.3) is 11.8 Å². The van der Waals surface area contributed by atoms with E-state index < -0.39 is 11.8 Å². The fourth-order valence-electron chi connectivity index (χ4n) is 2.54. The average Bonchev–Trinajstić information content (AvgIpc) is 3.15. The van der Waals surface area contributed by atoms with Gasteiger partial charge in [0.15, 0.2) is 11.5 Å². The van der Waals surface area contributed by atoms with Crippen molar-refractivity contribution < 1.29 is 24.2 Å². The third kappa shape index (κ3) is 4.90. The fraction of sp³-hybridized carbons (Fsp3) is 0.200. The Labute approximate surface area is 170 Å². The van der Waals surface area contributed by atoms with Crippen molar-refractivity contribution >= 4 is 33.8 Å². The molecular formula is C20H19BrN2O5. The molecule has 1 aliphatic heterocycles. The quantitative estimate of drug-likeness (QED) is 0.448. The Bertz CT molecular complexity index is 913. The van der Waals surface area contributed by atoms with Crippen molar-refractivity contribution in [3.8, 4) is 11.5 Å².